The number of fused-ring (bicyclic) bond motifs is 1. The Kier molecular flexibility index (Phi) is 5.72. The Labute approximate surface area is 178 Å². The summed E-state index contributed by atoms with van der Waals surface area (Å²) in [5.74, 6) is 0.234. The standard InChI is InChI=1S/C22H20ClN3O4/c1-2-29-22(28)30-17-9-5-15(6-10-17)21(27)26-12-11-19-18(13-26)20(25-24-19)14-3-7-16(23)8-4-14/h3-10H,2,11-13H2,1H3,(H,24,25). The molecule has 2 aromatic carbocycles. The Morgan fingerprint density at radius 2 is 1.87 bits per heavy atom. The average Bonchev–Trinajstić information content (AvgIpc) is 3.18. The predicted octanol–water partition coefficient (Wildman–Crippen LogP) is 4.46. The van der Waals surface area contributed by atoms with E-state index in [4.69, 9.17) is 21.1 Å². The van der Waals surface area contributed by atoms with Crippen molar-refractivity contribution in [2.45, 2.75) is 19.9 Å². The number of benzene rings is 2. The molecule has 2 heterocycles. The van der Waals surface area contributed by atoms with Crippen molar-refractivity contribution >= 4 is 23.7 Å². The number of hydrogen-bond acceptors (Lipinski definition) is 5. The van der Waals surface area contributed by atoms with Gasteiger partial charge in [-0.1, -0.05) is 23.7 Å². The van der Waals surface area contributed by atoms with Crippen LogP contribution in [0, 0.1) is 0 Å². The maximum atomic E-state index is 13.0. The number of aromatic nitrogens is 2. The van der Waals surface area contributed by atoms with Gasteiger partial charge in [-0.15, -0.1) is 0 Å². The predicted molar refractivity (Wildman–Crippen MR) is 112 cm³/mol. The number of carbonyl (C=O) groups excluding carboxylic acids is 2. The van der Waals surface area contributed by atoms with E-state index in [1.54, 1.807) is 36.1 Å². The Hall–Kier alpha value is -3.32. The number of hydrogen-bond donors (Lipinski definition) is 1. The van der Waals surface area contributed by atoms with Crippen LogP contribution in [0.1, 0.15) is 28.5 Å². The van der Waals surface area contributed by atoms with Gasteiger partial charge in [0.05, 0.1) is 12.3 Å². The molecule has 0 aliphatic carbocycles. The molecule has 1 amide bonds. The minimum Gasteiger partial charge on any atom is -0.434 e. The zero-order valence-corrected chi connectivity index (χ0v) is 17.1. The van der Waals surface area contributed by atoms with Crippen LogP contribution >= 0.6 is 11.6 Å². The number of aromatic amines is 1. The normalized spacial score (nSPS) is 12.9. The summed E-state index contributed by atoms with van der Waals surface area (Å²) in [5.41, 5.74) is 4.36. The number of carbonyl (C=O) groups is 2. The number of nitrogens with zero attached hydrogens (tertiary/aromatic N) is 2. The van der Waals surface area contributed by atoms with E-state index in [0.717, 1.165) is 22.5 Å². The van der Waals surface area contributed by atoms with Gasteiger partial charge in [0.1, 0.15) is 5.75 Å². The van der Waals surface area contributed by atoms with E-state index < -0.39 is 6.16 Å². The fourth-order valence-corrected chi connectivity index (χ4v) is 3.53. The summed E-state index contributed by atoms with van der Waals surface area (Å²) in [6.07, 6.45) is -0.0686. The van der Waals surface area contributed by atoms with Gasteiger partial charge in [-0.05, 0) is 43.3 Å². The largest absolute Gasteiger partial charge is 0.513 e. The van der Waals surface area contributed by atoms with Crippen LogP contribution in [0.2, 0.25) is 5.02 Å². The Balaban J connectivity index is 1.49. The van der Waals surface area contributed by atoms with Crippen molar-refractivity contribution in [3.63, 3.8) is 0 Å². The molecule has 1 aliphatic rings. The summed E-state index contributed by atoms with van der Waals surface area (Å²) in [6.45, 7) is 2.99. The summed E-state index contributed by atoms with van der Waals surface area (Å²) in [6, 6.07) is 13.9. The van der Waals surface area contributed by atoms with Gasteiger partial charge >= 0.3 is 6.16 Å². The molecule has 4 rings (SSSR count). The zero-order valence-electron chi connectivity index (χ0n) is 16.4. The molecule has 0 atom stereocenters. The third-order valence-corrected chi connectivity index (χ3v) is 5.15. The van der Waals surface area contributed by atoms with Crippen molar-refractivity contribution in [3.8, 4) is 17.0 Å². The highest BCUT2D eigenvalue weighted by molar-refractivity contribution is 6.30. The van der Waals surface area contributed by atoms with Gasteiger partial charge < -0.3 is 14.4 Å². The summed E-state index contributed by atoms with van der Waals surface area (Å²) >= 11 is 5.99. The smallest absolute Gasteiger partial charge is 0.434 e. The van der Waals surface area contributed by atoms with Gasteiger partial charge in [-0.25, -0.2) is 4.79 Å². The molecule has 0 radical (unpaired) electrons. The molecule has 1 aliphatic heterocycles. The summed E-state index contributed by atoms with van der Waals surface area (Å²) in [5, 5.41) is 8.21. The maximum Gasteiger partial charge on any atom is 0.513 e. The van der Waals surface area contributed by atoms with E-state index in [9.17, 15) is 9.59 Å². The molecular weight excluding hydrogens is 406 g/mol. The molecule has 0 fully saturated rings. The van der Waals surface area contributed by atoms with Crippen LogP contribution in [0.25, 0.3) is 11.3 Å². The third kappa shape index (κ3) is 4.16. The number of amides is 1. The van der Waals surface area contributed by atoms with Crippen LogP contribution in [0.3, 0.4) is 0 Å². The lowest BCUT2D eigenvalue weighted by Crippen LogP contribution is -2.35. The molecule has 0 saturated carbocycles. The average molecular weight is 426 g/mol. The fraction of sp³-hybridized carbons (Fsp3) is 0.227. The SMILES string of the molecule is CCOC(=O)Oc1ccc(C(=O)N2CCc3[nH]nc(-c4ccc(Cl)cc4)c3C2)cc1. The highest BCUT2D eigenvalue weighted by Crippen LogP contribution is 2.30. The Morgan fingerprint density at radius 3 is 2.57 bits per heavy atom. The Bertz CT molecular complexity index is 1060. The molecule has 8 heteroatoms. The van der Waals surface area contributed by atoms with Crippen LogP contribution in [-0.4, -0.2) is 40.3 Å². The number of H-pyrrole nitrogens is 1. The summed E-state index contributed by atoms with van der Waals surface area (Å²) < 4.78 is 9.78. The van der Waals surface area contributed by atoms with Gasteiger partial charge in [-0.3, -0.25) is 9.89 Å². The third-order valence-electron chi connectivity index (χ3n) is 4.90. The van der Waals surface area contributed by atoms with E-state index in [1.165, 1.54) is 0 Å². The molecule has 0 unspecified atom stereocenters. The lowest BCUT2D eigenvalue weighted by Gasteiger charge is -2.27. The molecule has 30 heavy (non-hydrogen) atoms. The molecule has 0 spiro atoms. The van der Waals surface area contributed by atoms with Crippen molar-refractivity contribution in [2.75, 3.05) is 13.2 Å². The second-order valence-electron chi connectivity index (χ2n) is 6.82. The number of ether oxygens (including phenoxy) is 2. The topological polar surface area (TPSA) is 84.5 Å². The first-order valence-corrected chi connectivity index (χ1v) is 9.99. The van der Waals surface area contributed by atoms with E-state index in [0.29, 0.717) is 35.8 Å². The van der Waals surface area contributed by atoms with Gasteiger partial charge in [0.25, 0.3) is 5.91 Å². The minimum atomic E-state index is -0.769. The van der Waals surface area contributed by atoms with Crippen molar-refractivity contribution in [3.05, 3.63) is 70.4 Å². The zero-order chi connectivity index (χ0) is 21.1. The first kappa shape index (κ1) is 20.0. The monoisotopic (exact) mass is 425 g/mol. The van der Waals surface area contributed by atoms with Gasteiger partial charge in [0.2, 0.25) is 0 Å². The second-order valence-corrected chi connectivity index (χ2v) is 7.26. The minimum absolute atomic E-state index is 0.0911. The van der Waals surface area contributed by atoms with E-state index >= 15 is 0 Å². The van der Waals surface area contributed by atoms with E-state index in [-0.39, 0.29) is 12.5 Å². The lowest BCUT2D eigenvalue weighted by atomic mass is 10.0. The number of nitrogens with one attached hydrogen (secondary N) is 1. The Morgan fingerprint density at radius 1 is 1.13 bits per heavy atom. The number of rotatable bonds is 4. The van der Waals surface area contributed by atoms with Gasteiger partial charge in [0.15, 0.2) is 0 Å². The molecule has 0 bridgehead atoms. The van der Waals surface area contributed by atoms with Gasteiger partial charge in [-0.2, -0.15) is 5.10 Å². The van der Waals surface area contributed by atoms with Crippen molar-refractivity contribution in [1.29, 1.82) is 0 Å². The van der Waals surface area contributed by atoms with Crippen LogP contribution in [0.15, 0.2) is 48.5 Å². The van der Waals surface area contributed by atoms with Crippen molar-refractivity contribution in [2.24, 2.45) is 0 Å². The highest BCUT2D eigenvalue weighted by atomic mass is 35.5. The van der Waals surface area contributed by atoms with Crippen molar-refractivity contribution in [1.82, 2.24) is 15.1 Å². The van der Waals surface area contributed by atoms with Crippen LogP contribution < -0.4 is 4.74 Å². The van der Waals surface area contributed by atoms with Gasteiger partial charge in [0, 0.05) is 46.9 Å². The van der Waals surface area contributed by atoms with Crippen LogP contribution in [0.5, 0.6) is 5.75 Å². The second kappa shape index (κ2) is 8.59. The molecule has 1 N–H and O–H groups in total. The first-order valence-electron chi connectivity index (χ1n) is 9.61. The molecule has 0 saturated heterocycles. The molecule has 1 aromatic heterocycles. The summed E-state index contributed by atoms with van der Waals surface area (Å²) in [7, 11) is 0. The highest BCUT2D eigenvalue weighted by Gasteiger charge is 2.26. The molecule has 7 nitrogen and oxygen atoms in total. The van der Waals surface area contributed by atoms with E-state index in [1.807, 2.05) is 24.3 Å². The first-order chi connectivity index (χ1) is 14.5. The molecular formula is C22H20ClN3O4. The van der Waals surface area contributed by atoms with E-state index in [2.05, 4.69) is 10.2 Å². The number of halogens is 1. The molecule has 3 aromatic rings. The molecule has 154 valence electrons. The van der Waals surface area contributed by atoms with Crippen molar-refractivity contribution < 1.29 is 19.1 Å². The maximum absolute atomic E-state index is 13.0. The quantitative estimate of drug-likeness (QED) is 0.492. The van der Waals surface area contributed by atoms with Crippen LogP contribution in [0.4, 0.5) is 4.79 Å². The summed E-state index contributed by atoms with van der Waals surface area (Å²) in [4.78, 5) is 26.2. The lowest BCUT2D eigenvalue weighted by molar-refractivity contribution is 0.0734. The fourth-order valence-electron chi connectivity index (χ4n) is 3.41. The van der Waals surface area contributed by atoms with Crippen LogP contribution in [-0.2, 0) is 17.7 Å².